The van der Waals surface area contributed by atoms with Gasteiger partial charge in [-0.2, -0.15) is 0 Å². The van der Waals surface area contributed by atoms with Gasteiger partial charge in [-0.25, -0.2) is 0 Å². The Hall–Kier alpha value is -1.67. The largest absolute Gasteiger partial charge is 0.504 e. The van der Waals surface area contributed by atoms with Gasteiger partial charge in [-0.15, -0.1) is 0 Å². The molecule has 3 heteroatoms. The van der Waals surface area contributed by atoms with Crippen LogP contribution in [0.1, 0.15) is 11.1 Å². The van der Waals surface area contributed by atoms with Gasteiger partial charge in [0.2, 0.25) is 0 Å². The van der Waals surface area contributed by atoms with Crippen LogP contribution in [-0.4, -0.2) is 5.11 Å². The topological polar surface area (TPSA) is 29.5 Å². The van der Waals surface area contributed by atoms with Crippen molar-refractivity contribution in [2.45, 2.75) is 13.5 Å². The molecule has 0 amide bonds. The Kier molecular flexibility index (Phi) is 3.55. The van der Waals surface area contributed by atoms with Crippen LogP contribution in [0.5, 0.6) is 11.5 Å². The molecule has 88 valence electrons. The fraction of sp³-hybridized carbons (Fsp3) is 0.143. The SMILES string of the molecule is Cc1ccc(OCc2ccccc2Cl)c(O)c1. The first kappa shape index (κ1) is 11.8. The molecule has 0 aliphatic rings. The minimum Gasteiger partial charge on any atom is -0.504 e. The molecule has 2 nitrogen and oxygen atoms in total. The minimum absolute atomic E-state index is 0.150. The zero-order valence-electron chi connectivity index (χ0n) is 9.48. The summed E-state index contributed by atoms with van der Waals surface area (Å²) < 4.78 is 5.52. The van der Waals surface area contributed by atoms with Gasteiger partial charge in [0, 0.05) is 10.6 Å². The summed E-state index contributed by atoms with van der Waals surface area (Å²) in [7, 11) is 0. The van der Waals surface area contributed by atoms with Crippen molar-refractivity contribution in [1.82, 2.24) is 0 Å². The van der Waals surface area contributed by atoms with Crippen molar-refractivity contribution in [2.75, 3.05) is 0 Å². The molecule has 17 heavy (non-hydrogen) atoms. The van der Waals surface area contributed by atoms with E-state index in [4.69, 9.17) is 16.3 Å². The van der Waals surface area contributed by atoms with Gasteiger partial charge in [0.15, 0.2) is 11.5 Å². The smallest absolute Gasteiger partial charge is 0.161 e. The summed E-state index contributed by atoms with van der Waals surface area (Å²) in [6.45, 7) is 2.26. The maximum atomic E-state index is 9.68. The maximum absolute atomic E-state index is 9.68. The van der Waals surface area contributed by atoms with Crippen LogP contribution in [0, 0.1) is 6.92 Å². The van der Waals surface area contributed by atoms with E-state index in [-0.39, 0.29) is 5.75 Å². The molecule has 0 fully saturated rings. The third-order valence-corrected chi connectivity index (χ3v) is 2.82. The molecule has 2 aromatic carbocycles. The van der Waals surface area contributed by atoms with E-state index in [0.29, 0.717) is 17.4 Å². The van der Waals surface area contributed by atoms with Crippen molar-refractivity contribution >= 4 is 11.6 Å². The Morgan fingerprint density at radius 2 is 1.94 bits per heavy atom. The Bertz CT molecular complexity index is 523. The molecule has 0 bridgehead atoms. The average Bonchev–Trinajstić information content (AvgIpc) is 2.30. The predicted molar refractivity (Wildman–Crippen MR) is 68.6 cm³/mol. The number of aryl methyl sites for hydroxylation is 1. The van der Waals surface area contributed by atoms with Gasteiger partial charge in [0.05, 0.1) is 0 Å². The molecule has 0 aliphatic carbocycles. The van der Waals surface area contributed by atoms with Crippen molar-refractivity contribution < 1.29 is 9.84 Å². The zero-order valence-corrected chi connectivity index (χ0v) is 10.2. The van der Waals surface area contributed by atoms with Crippen molar-refractivity contribution in [1.29, 1.82) is 0 Å². The van der Waals surface area contributed by atoms with Gasteiger partial charge >= 0.3 is 0 Å². The molecule has 2 aromatic rings. The summed E-state index contributed by atoms with van der Waals surface area (Å²) in [6.07, 6.45) is 0. The van der Waals surface area contributed by atoms with Gasteiger partial charge in [-0.05, 0) is 30.7 Å². The molecule has 0 saturated carbocycles. The summed E-state index contributed by atoms with van der Waals surface area (Å²) >= 11 is 6.01. The van der Waals surface area contributed by atoms with Crippen LogP contribution in [-0.2, 0) is 6.61 Å². The first-order chi connectivity index (χ1) is 8.16. The van der Waals surface area contributed by atoms with Crippen molar-refractivity contribution in [3.05, 3.63) is 58.6 Å². The van der Waals surface area contributed by atoms with E-state index < -0.39 is 0 Å². The molecule has 1 N–H and O–H groups in total. The summed E-state index contributed by atoms with van der Waals surface area (Å²) in [5, 5.41) is 10.3. The molecule has 0 unspecified atom stereocenters. The van der Waals surface area contributed by atoms with Crippen LogP contribution < -0.4 is 4.74 Å². The number of ether oxygens (including phenoxy) is 1. The molecule has 0 aliphatic heterocycles. The van der Waals surface area contributed by atoms with Gasteiger partial charge in [0.1, 0.15) is 6.61 Å². The highest BCUT2D eigenvalue weighted by Crippen LogP contribution is 2.28. The van der Waals surface area contributed by atoms with Gasteiger partial charge in [-0.3, -0.25) is 0 Å². The zero-order chi connectivity index (χ0) is 12.3. The van der Waals surface area contributed by atoms with Crippen LogP contribution in [0.4, 0.5) is 0 Å². The number of hydrogen-bond acceptors (Lipinski definition) is 2. The van der Waals surface area contributed by atoms with E-state index in [1.807, 2.05) is 37.3 Å². The average molecular weight is 249 g/mol. The number of phenolic OH excluding ortho intramolecular Hbond substituents is 1. The van der Waals surface area contributed by atoms with E-state index in [9.17, 15) is 5.11 Å². The van der Waals surface area contributed by atoms with Crippen LogP contribution in [0.15, 0.2) is 42.5 Å². The lowest BCUT2D eigenvalue weighted by Crippen LogP contribution is -1.96. The Morgan fingerprint density at radius 3 is 2.65 bits per heavy atom. The van der Waals surface area contributed by atoms with Crippen molar-refractivity contribution in [3.8, 4) is 11.5 Å². The number of rotatable bonds is 3. The maximum Gasteiger partial charge on any atom is 0.161 e. The lowest BCUT2D eigenvalue weighted by molar-refractivity contribution is 0.289. The number of halogens is 1. The first-order valence-corrected chi connectivity index (χ1v) is 5.70. The monoisotopic (exact) mass is 248 g/mol. The number of aromatic hydroxyl groups is 1. The van der Waals surface area contributed by atoms with Gasteiger partial charge in [0.25, 0.3) is 0 Å². The Labute approximate surface area is 105 Å². The fourth-order valence-electron chi connectivity index (χ4n) is 1.52. The second-order valence-electron chi connectivity index (χ2n) is 3.85. The molecule has 2 rings (SSSR count). The highest BCUT2D eigenvalue weighted by molar-refractivity contribution is 6.31. The van der Waals surface area contributed by atoms with E-state index in [2.05, 4.69) is 0 Å². The predicted octanol–water partition coefficient (Wildman–Crippen LogP) is 3.93. The molecule has 0 saturated heterocycles. The third-order valence-electron chi connectivity index (χ3n) is 2.46. The van der Waals surface area contributed by atoms with E-state index in [0.717, 1.165) is 11.1 Å². The third kappa shape index (κ3) is 2.92. The van der Waals surface area contributed by atoms with Gasteiger partial charge < -0.3 is 9.84 Å². The number of phenols is 1. The van der Waals surface area contributed by atoms with E-state index >= 15 is 0 Å². The number of hydrogen-bond donors (Lipinski definition) is 1. The van der Waals surface area contributed by atoms with E-state index in [1.54, 1.807) is 12.1 Å². The molecule has 0 atom stereocenters. The van der Waals surface area contributed by atoms with Crippen molar-refractivity contribution in [3.63, 3.8) is 0 Å². The molecule has 0 spiro atoms. The van der Waals surface area contributed by atoms with E-state index in [1.165, 1.54) is 0 Å². The second kappa shape index (κ2) is 5.11. The lowest BCUT2D eigenvalue weighted by atomic mass is 10.2. The highest BCUT2D eigenvalue weighted by Gasteiger charge is 2.04. The summed E-state index contributed by atoms with van der Waals surface area (Å²) in [5.41, 5.74) is 1.89. The first-order valence-electron chi connectivity index (χ1n) is 5.32. The number of benzene rings is 2. The Morgan fingerprint density at radius 1 is 1.18 bits per heavy atom. The molecule has 0 aromatic heterocycles. The lowest BCUT2D eigenvalue weighted by Gasteiger charge is -2.09. The Balaban J connectivity index is 2.10. The molecular formula is C14H13ClO2. The van der Waals surface area contributed by atoms with Crippen molar-refractivity contribution in [2.24, 2.45) is 0 Å². The van der Waals surface area contributed by atoms with Gasteiger partial charge in [-0.1, -0.05) is 35.9 Å². The summed E-state index contributed by atoms with van der Waals surface area (Å²) in [6, 6.07) is 12.8. The molecule has 0 heterocycles. The second-order valence-corrected chi connectivity index (χ2v) is 4.26. The fourth-order valence-corrected chi connectivity index (χ4v) is 1.71. The molecule has 0 radical (unpaired) electrons. The summed E-state index contributed by atoms with van der Waals surface area (Å²) in [5.74, 6) is 0.618. The van der Waals surface area contributed by atoms with Crippen LogP contribution in [0.25, 0.3) is 0 Å². The van der Waals surface area contributed by atoms with Crippen LogP contribution in [0.3, 0.4) is 0 Å². The summed E-state index contributed by atoms with van der Waals surface area (Å²) in [4.78, 5) is 0. The minimum atomic E-state index is 0.150. The highest BCUT2D eigenvalue weighted by atomic mass is 35.5. The standard InChI is InChI=1S/C14H13ClO2/c1-10-6-7-14(13(16)8-10)17-9-11-4-2-3-5-12(11)15/h2-8,16H,9H2,1H3. The van der Waals surface area contributed by atoms with Crippen LogP contribution >= 0.6 is 11.6 Å². The normalized spacial score (nSPS) is 10.2. The quantitative estimate of drug-likeness (QED) is 0.892. The molecular weight excluding hydrogens is 236 g/mol. The van der Waals surface area contributed by atoms with Crippen LogP contribution in [0.2, 0.25) is 5.02 Å².